The number of ether oxygens (including phenoxy) is 2. The van der Waals surface area contributed by atoms with Gasteiger partial charge < -0.3 is 15.2 Å². The maximum atomic E-state index is 12.3. The lowest BCUT2D eigenvalue weighted by Gasteiger charge is -2.17. The number of hydrogen-bond acceptors (Lipinski definition) is 4. The van der Waals surface area contributed by atoms with Crippen LogP contribution in [0.2, 0.25) is 0 Å². The third-order valence-electron chi connectivity index (χ3n) is 2.29. The quantitative estimate of drug-likeness (QED) is 0.775. The molecule has 114 valence electrons. The van der Waals surface area contributed by atoms with Crippen LogP contribution in [0.25, 0.3) is 0 Å². The molecule has 0 unspecified atom stereocenters. The summed E-state index contributed by atoms with van der Waals surface area (Å²) in [5.74, 6) is -0.546. The van der Waals surface area contributed by atoms with E-state index < -0.39 is 18.6 Å². The molecule has 0 aliphatic heterocycles. The maximum absolute atomic E-state index is 12.3. The molecular weight excluding hydrogens is 359 g/mol. The lowest BCUT2D eigenvalue weighted by molar-refractivity contribution is -0.143. The Balaban J connectivity index is 0.00000361. The molecule has 2 N–H and O–H groups in total. The van der Waals surface area contributed by atoms with Crippen molar-refractivity contribution in [2.45, 2.75) is 26.0 Å². The van der Waals surface area contributed by atoms with E-state index in [0.717, 1.165) is 0 Å². The molecule has 0 bridgehead atoms. The number of halogens is 4. The number of benzene rings is 1. The zero-order valence-electron chi connectivity index (χ0n) is 10.6. The van der Waals surface area contributed by atoms with Crippen LogP contribution in [0.5, 0.6) is 5.75 Å². The molecule has 4 nitrogen and oxygen atoms in total. The molecule has 0 heterocycles. The average molecular weight is 375 g/mol. The first-order chi connectivity index (χ1) is 8.95. The summed E-state index contributed by atoms with van der Waals surface area (Å²) in [4.78, 5) is 11.4. The second-order valence-corrected chi connectivity index (χ2v) is 4.50. The van der Waals surface area contributed by atoms with Gasteiger partial charge in [-0.05, 0) is 19.1 Å². The molecule has 20 heavy (non-hydrogen) atoms. The van der Waals surface area contributed by atoms with Gasteiger partial charge in [-0.25, -0.2) is 0 Å². The van der Waals surface area contributed by atoms with Crippen molar-refractivity contribution in [1.82, 2.24) is 0 Å². The van der Waals surface area contributed by atoms with Crippen LogP contribution in [0.1, 0.15) is 24.9 Å². The highest BCUT2D eigenvalue weighted by Crippen LogP contribution is 2.33. The summed E-state index contributed by atoms with van der Waals surface area (Å²) in [5, 5.41) is 0. The molecule has 0 fully saturated rings. The van der Waals surface area contributed by atoms with E-state index in [2.05, 4.69) is 20.7 Å². The van der Waals surface area contributed by atoms with Gasteiger partial charge in [0.15, 0.2) is 0 Å². The molecule has 0 spiro atoms. The second-order valence-electron chi connectivity index (χ2n) is 3.65. The number of esters is 1. The van der Waals surface area contributed by atoms with E-state index in [-0.39, 0.29) is 31.2 Å². The van der Waals surface area contributed by atoms with Gasteiger partial charge in [0.05, 0.1) is 13.0 Å². The Morgan fingerprint density at radius 2 is 2.10 bits per heavy atom. The number of hydrogen-bond donors (Lipinski definition) is 1. The highest BCUT2D eigenvalue weighted by atomic mass is 79.9. The van der Waals surface area contributed by atoms with Crippen LogP contribution in [-0.2, 0) is 9.53 Å². The molecule has 0 saturated heterocycles. The van der Waals surface area contributed by atoms with E-state index in [1.807, 2.05) is 0 Å². The van der Waals surface area contributed by atoms with Crippen LogP contribution >= 0.6 is 28.3 Å². The Hall–Kier alpha value is -0.920. The fourth-order valence-corrected chi connectivity index (χ4v) is 2.22. The first-order valence-electron chi connectivity index (χ1n) is 5.60. The second kappa shape index (κ2) is 9.10. The van der Waals surface area contributed by atoms with Gasteiger partial charge in [-0.1, -0.05) is 22.0 Å². The molecule has 0 aliphatic carbocycles. The molecule has 1 atom stereocenters. The molecule has 0 aliphatic rings. The van der Waals surface area contributed by atoms with Gasteiger partial charge in [-0.2, -0.15) is 8.78 Å². The van der Waals surface area contributed by atoms with Crippen molar-refractivity contribution in [3.8, 4) is 5.75 Å². The summed E-state index contributed by atoms with van der Waals surface area (Å²) in [5.41, 5.74) is 6.16. The molecule has 1 rings (SSSR count). The first kappa shape index (κ1) is 19.1. The fourth-order valence-electron chi connectivity index (χ4n) is 1.58. The molecule has 0 amide bonds. The molecule has 1 aromatic rings. The van der Waals surface area contributed by atoms with E-state index in [9.17, 15) is 13.6 Å². The Labute approximate surface area is 130 Å². The number of rotatable bonds is 6. The van der Waals surface area contributed by atoms with Crippen LogP contribution in [0.3, 0.4) is 0 Å². The summed E-state index contributed by atoms with van der Waals surface area (Å²) in [6, 6.07) is 3.77. The largest absolute Gasteiger partial charge is 0.466 e. The Morgan fingerprint density at radius 1 is 1.45 bits per heavy atom. The lowest BCUT2D eigenvalue weighted by Crippen LogP contribution is -2.19. The minimum atomic E-state index is -2.96. The zero-order chi connectivity index (χ0) is 14.4. The van der Waals surface area contributed by atoms with Crippen LogP contribution in [0.4, 0.5) is 8.78 Å². The predicted molar refractivity (Wildman–Crippen MR) is 76.2 cm³/mol. The van der Waals surface area contributed by atoms with Crippen LogP contribution in [0.15, 0.2) is 22.7 Å². The standard InChI is InChI=1S/C12H14BrF2NO3.ClH/c1-2-18-10(17)6-8(16)11-7(13)4-3-5-9(11)19-12(14)15;/h3-5,8,12H,2,6,16H2,1H3;1H/t8-;/m1./s1. The van der Waals surface area contributed by atoms with E-state index >= 15 is 0 Å². The van der Waals surface area contributed by atoms with Crippen molar-refractivity contribution in [1.29, 1.82) is 0 Å². The summed E-state index contributed by atoms with van der Waals surface area (Å²) in [6.07, 6.45) is -0.115. The predicted octanol–water partition coefficient (Wildman–Crippen LogP) is 3.43. The van der Waals surface area contributed by atoms with Crippen molar-refractivity contribution in [2.24, 2.45) is 5.73 Å². The SMILES string of the molecule is CCOC(=O)C[C@@H](N)c1c(Br)cccc1OC(F)F.Cl. The lowest BCUT2D eigenvalue weighted by atomic mass is 10.0. The van der Waals surface area contributed by atoms with Crippen LogP contribution in [-0.4, -0.2) is 19.2 Å². The summed E-state index contributed by atoms with van der Waals surface area (Å²) >= 11 is 3.21. The number of carbonyl (C=O) groups is 1. The molecule has 1 aromatic carbocycles. The summed E-state index contributed by atoms with van der Waals surface area (Å²) in [6.45, 7) is -1.04. The Bertz CT molecular complexity index is 449. The van der Waals surface area contributed by atoms with E-state index in [0.29, 0.717) is 10.0 Å². The minimum absolute atomic E-state index is 0. The minimum Gasteiger partial charge on any atom is -0.466 e. The van der Waals surface area contributed by atoms with Gasteiger partial charge in [0.25, 0.3) is 0 Å². The average Bonchev–Trinajstić information content (AvgIpc) is 2.27. The fraction of sp³-hybridized carbons (Fsp3) is 0.417. The third kappa shape index (κ3) is 5.60. The number of alkyl halides is 2. The summed E-state index contributed by atoms with van der Waals surface area (Å²) in [7, 11) is 0. The Morgan fingerprint density at radius 3 is 2.65 bits per heavy atom. The monoisotopic (exact) mass is 373 g/mol. The highest BCUT2D eigenvalue weighted by Gasteiger charge is 2.21. The van der Waals surface area contributed by atoms with Gasteiger partial charge in [0, 0.05) is 16.1 Å². The zero-order valence-corrected chi connectivity index (χ0v) is 13.0. The van der Waals surface area contributed by atoms with Gasteiger partial charge in [0.1, 0.15) is 5.75 Å². The summed E-state index contributed by atoms with van der Waals surface area (Å²) < 4.78 is 34.3. The van der Waals surface area contributed by atoms with Gasteiger partial charge in [-0.3, -0.25) is 4.79 Å². The molecule has 0 saturated carbocycles. The smallest absolute Gasteiger partial charge is 0.387 e. The first-order valence-corrected chi connectivity index (χ1v) is 6.39. The van der Waals surface area contributed by atoms with E-state index in [1.54, 1.807) is 19.1 Å². The normalized spacial score (nSPS) is 11.7. The van der Waals surface area contributed by atoms with E-state index in [4.69, 9.17) is 10.5 Å². The third-order valence-corrected chi connectivity index (χ3v) is 2.98. The number of carbonyl (C=O) groups excluding carboxylic acids is 1. The van der Waals surface area contributed by atoms with Crippen molar-refractivity contribution < 1.29 is 23.0 Å². The van der Waals surface area contributed by atoms with Gasteiger partial charge in [0.2, 0.25) is 0 Å². The van der Waals surface area contributed by atoms with Crippen molar-refractivity contribution in [3.05, 3.63) is 28.2 Å². The van der Waals surface area contributed by atoms with E-state index in [1.165, 1.54) is 6.07 Å². The molecule has 0 radical (unpaired) electrons. The molecule has 8 heteroatoms. The molecule has 0 aromatic heterocycles. The maximum Gasteiger partial charge on any atom is 0.387 e. The van der Waals surface area contributed by atoms with Crippen molar-refractivity contribution in [2.75, 3.05) is 6.61 Å². The topological polar surface area (TPSA) is 61.5 Å². The molecular formula is C12H15BrClF2NO3. The van der Waals surface area contributed by atoms with Crippen molar-refractivity contribution in [3.63, 3.8) is 0 Å². The Kier molecular flexibility index (Phi) is 8.68. The highest BCUT2D eigenvalue weighted by molar-refractivity contribution is 9.10. The number of nitrogens with two attached hydrogens (primary N) is 1. The van der Waals surface area contributed by atoms with Crippen molar-refractivity contribution >= 4 is 34.3 Å². The van der Waals surface area contributed by atoms with Crippen LogP contribution in [0, 0.1) is 0 Å². The van der Waals surface area contributed by atoms with Crippen LogP contribution < -0.4 is 10.5 Å². The van der Waals surface area contributed by atoms with Gasteiger partial charge in [-0.15, -0.1) is 12.4 Å². The van der Waals surface area contributed by atoms with Gasteiger partial charge >= 0.3 is 12.6 Å².